The summed E-state index contributed by atoms with van der Waals surface area (Å²) in [5.74, 6) is 1.82. The summed E-state index contributed by atoms with van der Waals surface area (Å²) in [7, 11) is 3.33. The van der Waals surface area contributed by atoms with E-state index in [0.29, 0.717) is 13.1 Å². The SMILES string of the molecule is COc1ccc(OC)c(C2CNCC2C(=O)N2CCc3ccccc3C2)c1. The lowest BCUT2D eigenvalue weighted by atomic mass is 9.86. The van der Waals surface area contributed by atoms with Crippen molar-refractivity contribution in [1.29, 1.82) is 0 Å². The number of hydrogen-bond donors (Lipinski definition) is 1. The Kier molecular flexibility index (Phi) is 5.03. The second kappa shape index (κ2) is 7.61. The van der Waals surface area contributed by atoms with Gasteiger partial charge in [0, 0.05) is 37.7 Å². The molecule has 2 aliphatic heterocycles. The molecule has 0 aliphatic carbocycles. The van der Waals surface area contributed by atoms with Crippen LogP contribution in [0.2, 0.25) is 0 Å². The number of nitrogens with one attached hydrogen (secondary N) is 1. The van der Waals surface area contributed by atoms with Crippen molar-refractivity contribution in [2.75, 3.05) is 33.9 Å². The molecule has 4 rings (SSSR count). The largest absolute Gasteiger partial charge is 0.497 e. The summed E-state index contributed by atoms with van der Waals surface area (Å²) in [6.07, 6.45) is 0.926. The Morgan fingerprint density at radius 2 is 1.89 bits per heavy atom. The van der Waals surface area contributed by atoms with Gasteiger partial charge in [0.25, 0.3) is 0 Å². The Morgan fingerprint density at radius 1 is 1.07 bits per heavy atom. The maximum absolute atomic E-state index is 13.4. The molecule has 5 heteroatoms. The zero-order valence-corrected chi connectivity index (χ0v) is 15.9. The maximum Gasteiger partial charge on any atom is 0.227 e. The van der Waals surface area contributed by atoms with E-state index in [1.54, 1.807) is 14.2 Å². The van der Waals surface area contributed by atoms with Crippen molar-refractivity contribution in [2.45, 2.75) is 18.9 Å². The van der Waals surface area contributed by atoms with Gasteiger partial charge in [-0.1, -0.05) is 24.3 Å². The first kappa shape index (κ1) is 17.9. The Labute approximate surface area is 160 Å². The molecule has 27 heavy (non-hydrogen) atoms. The zero-order valence-electron chi connectivity index (χ0n) is 15.9. The van der Waals surface area contributed by atoms with Gasteiger partial charge in [0.05, 0.1) is 20.1 Å². The van der Waals surface area contributed by atoms with E-state index in [4.69, 9.17) is 9.47 Å². The smallest absolute Gasteiger partial charge is 0.227 e. The average molecular weight is 366 g/mol. The highest BCUT2D eigenvalue weighted by molar-refractivity contribution is 5.81. The fraction of sp³-hybridized carbons (Fsp3) is 0.409. The zero-order chi connectivity index (χ0) is 18.8. The molecule has 1 fully saturated rings. The van der Waals surface area contributed by atoms with Crippen molar-refractivity contribution < 1.29 is 14.3 Å². The van der Waals surface area contributed by atoms with Crippen molar-refractivity contribution >= 4 is 5.91 Å². The molecule has 0 radical (unpaired) electrons. The van der Waals surface area contributed by atoms with Crippen LogP contribution in [0, 0.1) is 5.92 Å². The number of nitrogens with zero attached hydrogens (tertiary/aromatic N) is 1. The first-order chi connectivity index (χ1) is 13.2. The number of benzene rings is 2. The van der Waals surface area contributed by atoms with Gasteiger partial charge in [-0.15, -0.1) is 0 Å². The van der Waals surface area contributed by atoms with Crippen molar-refractivity contribution in [3.8, 4) is 11.5 Å². The molecule has 2 atom stereocenters. The van der Waals surface area contributed by atoms with Crippen molar-refractivity contribution in [3.63, 3.8) is 0 Å². The van der Waals surface area contributed by atoms with Crippen LogP contribution >= 0.6 is 0 Å². The molecule has 2 unspecified atom stereocenters. The van der Waals surface area contributed by atoms with E-state index in [2.05, 4.69) is 23.5 Å². The molecule has 1 N–H and O–H groups in total. The number of rotatable bonds is 4. The molecule has 1 amide bonds. The van der Waals surface area contributed by atoms with Gasteiger partial charge in [0.1, 0.15) is 11.5 Å². The molecular weight excluding hydrogens is 340 g/mol. The third-order valence-corrected chi connectivity index (χ3v) is 5.81. The molecule has 2 aromatic rings. The lowest BCUT2D eigenvalue weighted by Crippen LogP contribution is -2.41. The standard InChI is InChI=1S/C22H26N2O3/c1-26-17-7-8-21(27-2)18(11-17)19-12-23-13-20(19)22(25)24-10-9-15-5-3-4-6-16(15)14-24/h3-8,11,19-20,23H,9-10,12-14H2,1-2H3. The van der Waals surface area contributed by atoms with Crippen molar-refractivity contribution in [2.24, 2.45) is 5.92 Å². The summed E-state index contributed by atoms with van der Waals surface area (Å²) in [6.45, 7) is 2.95. The predicted octanol–water partition coefficient (Wildman–Crippen LogP) is 2.59. The summed E-state index contributed by atoms with van der Waals surface area (Å²) in [4.78, 5) is 15.4. The van der Waals surface area contributed by atoms with E-state index in [-0.39, 0.29) is 17.7 Å². The van der Waals surface area contributed by atoms with Gasteiger partial charge >= 0.3 is 0 Å². The molecule has 2 aliphatic rings. The van der Waals surface area contributed by atoms with Gasteiger partial charge in [-0.05, 0) is 35.7 Å². The Morgan fingerprint density at radius 3 is 2.67 bits per heavy atom. The van der Waals surface area contributed by atoms with Gasteiger partial charge in [0.15, 0.2) is 0 Å². The van der Waals surface area contributed by atoms with Crippen LogP contribution in [-0.4, -0.2) is 44.7 Å². The van der Waals surface area contributed by atoms with Gasteiger partial charge in [-0.3, -0.25) is 4.79 Å². The fourth-order valence-electron chi connectivity index (χ4n) is 4.31. The molecule has 0 spiro atoms. The van der Waals surface area contributed by atoms with E-state index in [1.165, 1.54) is 11.1 Å². The summed E-state index contributed by atoms with van der Waals surface area (Å²) in [5.41, 5.74) is 3.66. The summed E-state index contributed by atoms with van der Waals surface area (Å²) in [5, 5.41) is 3.40. The van der Waals surface area contributed by atoms with Gasteiger partial charge in [-0.25, -0.2) is 0 Å². The van der Waals surface area contributed by atoms with Gasteiger partial charge < -0.3 is 19.7 Å². The predicted molar refractivity (Wildman–Crippen MR) is 104 cm³/mol. The number of ether oxygens (including phenoxy) is 2. The normalized spacial score (nSPS) is 21.6. The topological polar surface area (TPSA) is 50.8 Å². The molecule has 5 nitrogen and oxygen atoms in total. The molecule has 2 heterocycles. The summed E-state index contributed by atoms with van der Waals surface area (Å²) >= 11 is 0. The first-order valence-electron chi connectivity index (χ1n) is 9.49. The number of hydrogen-bond acceptors (Lipinski definition) is 4. The number of carbonyl (C=O) groups is 1. The molecular formula is C22H26N2O3. The molecule has 142 valence electrons. The molecule has 2 aromatic carbocycles. The van der Waals surface area contributed by atoms with Crippen LogP contribution in [-0.2, 0) is 17.8 Å². The van der Waals surface area contributed by atoms with E-state index in [0.717, 1.165) is 36.6 Å². The van der Waals surface area contributed by atoms with Gasteiger partial charge in [-0.2, -0.15) is 0 Å². The van der Waals surface area contributed by atoms with Crippen LogP contribution in [0.3, 0.4) is 0 Å². The van der Waals surface area contributed by atoms with Crippen LogP contribution in [0.5, 0.6) is 11.5 Å². The Balaban J connectivity index is 1.58. The van der Waals surface area contributed by atoms with Crippen LogP contribution in [0.1, 0.15) is 22.6 Å². The lowest BCUT2D eigenvalue weighted by Gasteiger charge is -2.32. The Bertz CT molecular complexity index is 836. The number of methoxy groups -OCH3 is 2. The highest BCUT2D eigenvalue weighted by Gasteiger charge is 2.38. The minimum atomic E-state index is -0.0868. The number of amides is 1. The minimum Gasteiger partial charge on any atom is -0.497 e. The minimum absolute atomic E-state index is 0.0831. The second-order valence-corrected chi connectivity index (χ2v) is 7.26. The second-order valence-electron chi connectivity index (χ2n) is 7.26. The lowest BCUT2D eigenvalue weighted by molar-refractivity contribution is -0.136. The molecule has 0 aromatic heterocycles. The highest BCUT2D eigenvalue weighted by Crippen LogP contribution is 2.38. The average Bonchev–Trinajstić information content (AvgIpc) is 3.22. The first-order valence-corrected chi connectivity index (χ1v) is 9.49. The third kappa shape index (κ3) is 3.39. The van der Waals surface area contributed by atoms with E-state index >= 15 is 0 Å². The fourth-order valence-corrected chi connectivity index (χ4v) is 4.31. The van der Waals surface area contributed by atoms with E-state index < -0.39 is 0 Å². The third-order valence-electron chi connectivity index (χ3n) is 5.81. The van der Waals surface area contributed by atoms with Crippen molar-refractivity contribution in [3.05, 3.63) is 59.2 Å². The maximum atomic E-state index is 13.4. The number of carbonyl (C=O) groups excluding carboxylic acids is 1. The molecule has 0 saturated carbocycles. The summed E-state index contributed by atoms with van der Waals surface area (Å²) in [6, 6.07) is 14.2. The van der Waals surface area contributed by atoms with Crippen molar-refractivity contribution in [1.82, 2.24) is 10.2 Å². The van der Waals surface area contributed by atoms with Crippen LogP contribution in [0.15, 0.2) is 42.5 Å². The quantitative estimate of drug-likeness (QED) is 0.904. The van der Waals surface area contributed by atoms with E-state index in [9.17, 15) is 4.79 Å². The van der Waals surface area contributed by atoms with Crippen LogP contribution < -0.4 is 14.8 Å². The highest BCUT2D eigenvalue weighted by atomic mass is 16.5. The van der Waals surface area contributed by atoms with Gasteiger partial charge in [0.2, 0.25) is 5.91 Å². The van der Waals surface area contributed by atoms with Crippen LogP contribution in [0.4, 0.5) is 0 Å². The monoisotopic (exact) mass is 366 g/mol. The Hall–Kier alpha value is -2.53. The summed E-state index contributed by atoms with van der Waals surface area (Å²) < 4.78 is 11.0. The molecule has 0 bridgehead atoms. The number of fused-ring (bicyclic) bond motifs is 1. The molecule has 1 saturated heterocycles. The van der Waals surface area contributed by atoms with Crippen LogP contribution in [0.25, 0.3) is 0 Å². The van der Waals surface area contributed by atoms with E-state index in [1.807, 2.05) is 29.2 Å².